The van der Waals surface area contributed by atoms with E-state index in [1.54, 1.807) is 16.8 Å². The van der Waals surface area contributed by atoms with Crippen LogP contribution in [0.15, 0.2) is 41.8 Å². The highest BCUT2D eigenvalue weighted by molar-refractivity contribution is 5.84. The van der Waals surface area contributed by atoms with Crippen molar-refractivity contribution in [3.05, 3.63) is 53.6 Å². The summed E-state index contributed by atoms with van der Waals surface area (Å²) in [6.07, 6.45) is 2.85. The second-order valence-corrected chi connectivity index (χ2v) is 5.21. The molecule has 3 rings (SSSR count). The van der Waals surface area contributed by atoms with Crippen LogP contribution < -0.4 is 5.43 Å². The first-order valence-corrected chi connectivity index (χ1v) is 7.19. The summed E-state index contributed by atoms with van der Waals surface area (Å²) in [5.74, 6) is 1.04. The molecular formula is C16H16N6O2. The Morgan fingerprint density at radius 3 is 2.67 bits per heavy atom. The van der Waals surface area contributed by atoms with E-state index in [4.69, 9.17) is 0 Å². The van der Waals surface area contributed by atoms with Gasteiger partial charge in [-0.25, -0.2) is 14.6 Å². The molecule has 0 radical (unpaired) electrons. The number of nitrogens with zero attached hydrogens (tertiary/aromatic N) is 5. The highest BCUT2D eigenvalue weighted by Crippen LogP contribution is 2.21. The first kappa shape index (κ1) is 15.5. The van der Waals surface area contributed by atoms with Crippen molar-refractivity contribution in [3.8, 4) is 17.3 Å². The molecule has 3 N–H and O–H groups in total. The lowest BCUT2D eigenvalue weighted by atomic mass is 10.2. The Labute approximate surface area is 138 Å². The van der Waals surface area contributed by atoms with E-state index in [2.05, 4.69) is 25.6 Å². The van der Waals surface area contributed by atoms with Gasteiger partial charge >= 0.3 is 0 Å². The average Bonchev–Trinajstić information content (AvgIpc) is 2.88. The minimum Gasteiger partial charge on any atom is -0.508 e. The molecule has 2 heterocycles. The number of nitrogens with one attached hydrogen (secondary N) is 1. The third-order valence-corrected chi connectivity index (χ3v) is 3.28. The number of phenolic OH excluding ortho intramolecular Hbond substituents is 2. The lowest BCUT2D eigenvalue weighted by Crippen LogP contribution is -2.04. The Bertz CT molecular complexity index is 903. The van der Waals surface area contributed by atoms with Crippen molar-refractivity contribution in [1.82, 2.24) is 19.7 Å². The molecule has 0 fully saturated rings. The molecule has 0 aliphatic carbocycles. The largest absolute Gasteiger partial charge is 0.508 e. The van der Waals surface area contributed by atoms with Crippen LogP contribution in [0.5, 0.6) is 11.5 Å². The number of benzene rings is 1. The molecule has 1 aromatic carbocycles. The highest BCUT2D eigenvalue weighted by atomic mass is 16.3. The smallest absolute Gasteiger partial charge is 0.159 e. The number of aromatic hydroxyl groups is 2. The van der Waals surface area contributed by atoms with Gasteiger partial charge in [-0.1, -0.05) is 0 Å². The van der Waals surface area contributed by atoms with E-state index in [0.717, 1.165) is 11.4 Å². The van der Waals surface area contributed by atoms with Gasteiger partial charge in [0.05, 0.1) is 11.9 Å². The second kappa shape index (κ2) is 6.37. The van der Waals surface area contributed by atoms with Gasteiger partial charge in [0, 0.05) is 23.4 Å². The van der Waals surface area contributed by atoms with E-state index >= 15 is 0 Å². The van der Waals surface area contributed by atoms with E-state index in [-0.39, 0.29) is 11.5 Å². The van der Waals surface area contributed by atoms with Crippen molar-refractivity contribution in [1.29, 1.82) is 0 Å². The van der Waals surface area contributed by atoms with Gasteiger partial charge in [0.25, 0.3) is 0 Å². The molecule has 0 spiro atoms. The number of anilines is 1. The maximum absolute atomic E-state index is 9.70. The third kappa shape index (κ3) is 3.32. The Morgan fingerprint density at radius 2 is 1.96 bits per heavy atom. The molecular weight excluding hydrogens is 308 g/mol. The quantitative estimate of drug-likeness (QED) is 0.501. The highest BCUT2D eigenvalue weighted by Gasteiger charge is 2.06. The molecule has 3 aromatic rings. The molecule has 0 unspecified atom stereocenters. The molecule has 0 amide bonds. The Morgan fingerprint density at radius 1 is 1.12 bits per heavy atom. The zero-order valence-electron chi connectivity index (χ0n) is 13.2. The van der Waals surface area contributed by atoms with E-state index < -0.39 is 0 Å². The number of hydrogen-bond donors (Lipinski definition) is 3. The maximum Gasteiger partial charge on any atom is 0.159 e. The number of aryl methyl sites for hydroxylation is 2. The normalized spacial score (nSPS) is 11.1. The lowest BCUT2D eigenvalue weighted by molar-refractivity contribution is 0.450. The second-order valence-electron chi connectivity index (χ2n) is 5.21. The molecule has 8 heteroatoms. The summed E-state index contributed by atoms with van der Waals surface area (Å²) in [4.78, 5) is 8.29. The molecule has 0 aliphatic rings. The van der Waals surface area contributed by atoms with E-state index in [0.29, 0.717) is 17.2 Å². The molecule has 0 bridgehead atoms. The summed E-state index contributed by atoms with van der Waals surface area (Å²) in [6.45, 7) is 3.86. The number of phenols is 2. The minimum atomic E-state index is -0.0634. The molecule has 0 atom stereocenters. The van der Waals surface area contributed by atoms with Crippen LogP contribution in [-0.4, -0.2) is 36.2 Å². The van der Waals surface area contributed by atoms with Crippen molar-refractivity contribution >= 4 is 12.0 Å². The van der Waals surface area contributed by atoms with Crippen molar-refractivity contribution in [3.63, 3.8) is 0 Å². The molecule has 0 saturated heterocycles. The monoisotopic (exact) mass is 324 g/mol. The Balaban J connectivity index is 1.77. The fourth-order valence-corrected chi connectivity index (χ4v) is 2.19. The van der Waals surface area contributed by atoms with Crippen LogP contribution in [0, 0.1) is 13.8 Å². The minimum absolute atomic E-state index is 0.0112. The first-order valence-electron chi connectivity index (χ1n) is 7.19. The number of aromatic nitrogens is 4. The van der Waals surface area contributed by atoms with Crippen LogP contribution >= 0.6 is 0 Å². The van der Waals surface area contributed by atoms with Crippen molar-refractivity contribution in [2.75, 3.05) is 5.43 Å². The van der Waals surface area contributed by atoms with Crippen LogP contribution in [-0.2, 0) is 0 Å². The summed E-state index contributed by atoms with van der Waals surface area (Å²) in [6, 6.07) is 7.94. The van der Waals surface area contributed by atoms with E-state index in [1.165, 1.54) is 24.7 Å². The summed E-state index contributed by atoms with van der Waals surface area (Å²) in [5.41, 5.74) is 5.11. The van der Waals surface area contributed by atoms with Gasteiger partial charge in [-0.05, 0) is 32.0 Å². The van der Waals surface area contributed by atoms with Crippen LogP contribution in [0.3, 0.4) is 0 Å². The molecule has 24 heavy (non-hydrogen) atoms. The van der Waals surface area contributed by atoms with Gasteiger partial charge in [0.2, 0.25) is 0 Å². The summed E-state index contributed by atoms with van der Waals surface area (Å²) < 4.78 is 1.72. The SMILES string of the molecule is Cc1cc(C)n(-c2cc(NN=Cc3ccc(O)cc3O)ncn2)n1. The fraction of sp³-hybridized carbons (Fsp3) is 0.125. The predicted molar refractivity (Wildman–Crippen MR) is 89.6 cm³/mol. The molecule has 2 aromatic heterocycles. The standard InChI is InChI=1S/C16H16N6O2/c1-10-5-11(2)22(21-10)16-7-15(17-9-18-16)20-19-8-12-3-4-13(23)6-14(12)24/h3-9,23-24H,1-2H3,(H,17,18,20). The van der Waals surface area contributed by atoms with Crippen molar-refractivity contribution < 1.29 is 10.2 Å². The zero-order chi connectivity index (χ0) is 17.1. The first-order chi connectivity index (χ1) is 11.5. The van der Waals surface area contributed by atoms with Crippen LogP contribution in [0.2, 0.25) is 0 Å². The number of hydrazone groups is 1. The third-order valence-electron chi connectivity index (χ3n) is 3.28. The Hall–Kier alpha value is -3.42. The molecule has 0 aliphatic heterocycles. The van der Waals surface area contributed by atoms with Gasteiger partial charge in [0.15, 0.2) is 11.6 Å². The summed E-state index contributed by atoms with van der Waals surface area (Å²) in [5, 5.41) is 27.4. The number of hydrogen-bond acceptors (Lipinski definition) is 7. The Kier molecular flexibility index (Phi) is 4.11. The van der Waals surface area contributed by atoms with E-state index in [9.17, 15) is 10.2 Å². The van der Waals surface area contributed by atoms with Crippen molar-refractivity contribution in [2.45, 2.75) is 13.8 Å². The topological polar surface area (TPSA) is 108 Å². The summed E-state index contributed by atoms with van der Waals surface area (Å²) >= 11 is 0. The van der Waals surface area contributed by atoms with Crippen LogP contribution in [0.1, 0.15) is 17.0 Å². The van der Waals surface area contributed by atoms with Crippen molar-refractivity contribution in [2.24, 2.45) is 5.10 Å². The lowest BCUT2D eigenvalue weighted by Gasteiger charge is -2.05. The molecule has 8 nitrogen and oxygen atoms in total. The summed E-state index contributed by atoms with van der Waals surface area (Å²) in [7, 11) is 0. The van der Waals surface area contributed by atoms with Gasteiger partial charge in [0.1, 0.15) is 17.8 Å². The predicted octanol–water partition coefficient (Wildman–Crippen LogP) is 2.14. The number of rotatable bonds is 4. The van der Waals surface area contributed by atoms with Gasteiger partial charge in [-0.15, -0.1) is 0 Å². The van der Waals surface area contributed by atoms with Gasteiger partial charge in [-0.3, -0.25) is 5.43 Å². The van der Waals surface area contributed by atoms with Crippen LogP contribution in [0.25, 0.3) is 5.82 Å². The maximum atomic E-state index is 9.70. The van der Waals surface area contributed by atoms with Gasteiger partial charge in [-0.2, -0.15) is 10.2 Å². The average molecular weight is 324 g/mol. The van der Waals surface area contributed by atoms with Gasteiger partial charge < -0.3 is 10.2 Å². The molecule has 122 valence electrons. The molecule has 0 saturated carbocycles. The van der Waals surface area contributed by atoms with E-state index in [1.807, 2.05) is 19.9 Å². The fourth-order valence-electron chi connectivity index (χ4n) is 2.19. The zero-order valence-corrected chi connectivity index (χ0v) is 13.2. The van der Waals surface area contributed by atoms with Crippen LogP contribution in [0.4, 0.5) is 5.82 Å².